The molecule has 20 heavy (non-hydrogen) atoms. The number of nitrogens with one attached hydrogen (secondary N) is 1. The molecule has 3 N–H and O–H groups in total. The van der Waals surface area contributed by atoms with Crippen LogP contribution in [0.1, 0.15) is 26.2 Å². The Morgan fingerprint density at radius 2 is 2.25 bits per heavy atom. The lowest BCUT2D eigenvalue weighted by atomic mass is 9.97. The molecule has 0 bridgehead atoms. The van der Waals surface area contributed by atoms with Gasteiger partial charge in [0.1, 0.15) is 0 Å². The molecule has 2 unspecified atom stereocenters. The van der Waals surface area contributed by atoms with E-state index in [1.54, 1.807) is 12.1 Å². The number of hydrogen-bond donors (Lipinski definition) is 2. The van der Waals surface area contributed by atoms with Crippen LogP contribution in [-0.4, -0.2) is 36.0 Å². The van der Waals surface area contributed by atoms with Gasteiger partial charge in [-0.2, -0.15) is 0 Å². The summed E-state index contributed by atoms with van der Waals surface area (Å²) in [5, 5.41) is 3.42. The third kappa shape index (κ3) is 3.95. The summed E-state index contributed by atoms with van der Waals surface area (Å²) in [6, 6.07) is 7.65. The van der Waals surface area contributed by atoms with E-state index in [4.69, 9.17) is 17.3 Å². The fraction of sp³-hybridized carbons (Fsp3) is 0.533. The molecule has 0 spiro atoms. The van der Waals surface area contributed by atoms with Gasteiger partial charge in [0.25, 0.3) is 0 Å². The lowest BCUT2D eigenvalue weighted by Crippen LogP contribution is -2.51. The summed E-state index contributed by atoms with van der Waals surface area (Å²) >= 11 is 6.04. The maximum absolute atomic E-state index is 12.1. The van der Waals surface area contributed by atoms with Crippen molar-refractivity contribution in [3.63, 3.8) is 0 Å². The minimum Gasteiger partial charge on any atom is -0.327 e. The zero-order valence-corrected chi connectivity index (χ0v) is 12.6. The van der Waals surface area contributed by atoms with E-state index < -0.39 is 0 Å². The van der Waals surface area contributed by atoms with Crippen LogP contribution in [0.2, 0.25) is 5.02 Å². The van der Waals surface area contributed by atoms with Crippen molar-refractivity contribution < 1.29 is 4.79 Å². The summed E-state index contributed by atoms with van der Waals surface area (Å²) in [7, 11) is 0. The van der Waals surface area contributed by atoms with Gasteiger partial charge < -0.3 is 11.1 Å². The lowest BCUT2D eigenvalue weighted by Gasteiger charge is -2.37. The molecular weight excluding hydrogens is 274 g/mol. The van der Waals surface area contributed by atoms with Crippen molar-refractivity contribution in [2.45, 2.75) is 38.3 Å². The molecule has 1 heterocycles. The number of piperidine rings is 1. The number of benzene rings is 1. The highest BCUT2D eigenvalue weighted by molar-refractivity contribution is 6.33. The van der Waals surface area contributed by atoms with E-state index in [-0.39, 0.29) is 11.9 Å². The Kier molecular flexibility index (Phi) is 5.40. The van der Waals surface area contributed by atoms with Gasteiger partial charge in [0.05, 0.1) is 17.3 Å². The summed E-state index contributed by atoms with van der Waals surface area (Å²) < 4.78 is 0. The van der Waals surface area contributed by atoms with Gasteiger partial charge >= 0.3 is 0 Å². The number of amides is 1. The van der Waals surface area contributed by atoms with Crippen LogP contribution in [0.3, 0.4) is 0 Å². The number of para-hydroxylation sites is 1. The van der Waals surface area contributed by atoms with Crippen LogP contribution in [0.5, 0.6) is 0 Å². The molecule has 1 aromatic rings. The molecule has 1 aliphatic heterocycles. The first-order chi connectivity index (χ1) is 9.58. The Bertz CT molecular complexity index is 464. The second-order valence-electron chi connectivity index (χ2n) is 5.42. The standard InChI is InChI=1S/C15H22ClN3O/c1-11(17)14-8-4-5-9-19(14)10-15(20)18-13-7-3-2-6-12(13)16/h2-3,6-7,11,14H,4-5,8-10,17H2,1H3,(H,18,20). The van der Waals surface area contributed by atoms with Gasteiger partial charge in [0.2, 0.25) is 5.91 Å². The topological polar surface area (TPSA) is 58.4 Å². The predicted octanol–water partition coefficient (Wildman–Crippen LogP) is 2.48. The predicted molar refractivity (Wildman–Crippen MR) is 82.9 cm³/mol. The Hall–Kier alpha value is -1.10. The molecule has 1 saturated heterocycles. The first-order valence-electron chi connectivity index (χ1n) is 7.12. The second kappa shape index (κ2) is 7.07. The molecule has 2 atom stereocenters. The summed E-state index contributed by atoms with van der Waals surface area (Å²) in [4.78, 5) is 14.3. The zero-order valence-electron chi connectivity index (χ0n) is 11.8. The number of carbonyl (C=O) groups is 1. The maximum Gasteiger partial charge on any atom is 0.238 e. The Morgan fingerprint density at radius 3 is 2.95 bits per heavy atom. The third-order valence-corrected chi connectivity index (χ3v) is 4.10. The average Bonchev–Trinajstić information content (AvgIpc) is 2.41. The summed E-state index contributed by atoms with van der Waals surface area (Å²) in [5.41, 5.74) is 6.68. The second-order valence-corrected chi connectivity index (χ2v) is 5.83. The highest BCUT2D eigenvalue weighted by Crippen LogP contribution is 2.22. The monoisotopic (exact) mass is 295 g/mol. The van der Waals surface area contributed by atoms with Crippen molar-refractivity contribution in [1.29, 1.82) is 0 Å². The van der Waals surface area contributed by atoms with Gasteiger partial charge in [0, 0.05) is 12.1 Å². The molecular formula is C15H22ClN3O. The molecule has 0 radical (unpaired) electrons. The van der Waals surface area contributed by atoms with E-state index in [1.807, 2.05) is 19.1 Å². The number of carbonyl (C=O) groups excluding carboxylic acids is 1. The van der Waals surface area contributed by atoms with Crippen LogP contribution in [-0.2, 0) is 4.79 Å². The third-order valence-electron chi connectivity index (χ3n) is 3.77. The Morgan fingerprint density at radius 1 is 1.50 bits per heavy atom. The van der Waals surface area contributed by atoms with E-state index in [0.717, 1.165) is 19.4 Å². The molecule has 0 aromatic heterocycles. The molecule has 1 aromatic carbocycles. The molecule has 1 aliphatic rings. The highest BCUT2D eigenvalue weighted by atomic mass is 35.5. The van der Waals surface area contributed by atoms with Crippen LogP contribution in [0.25, 0.3) is 0 Å². The minimum atomic E-state index is -0.0364. The van der Waals surface area contributed by atoms with Crippen LogP contribution < -0.4 is 11.1 Å². The number of nitrogens with two attached hydrogens (primary N) is 1. The first-order valence-corrected chi connectivity index (χ1v) is 7.49. The van der Waals surface area contributed by atoms with Crippen molar-refractivity contribution in [2.24, 2.45) is 5.73 Å². The van der Waals surface area contributed by atoms with Gasteiger partial charge in [-0.15, -0.1) is 0 Å². The van der Waals surface area contributed by atoms with E-state index in [9.17, 15) is 4.79 Å². The zero-order chi connectivity index (χ0) is 14.5. The number of halogens is 1. The molecule has 0 aliphatic carbocycles. The van der Waals surface area contributed by atoms with Crippen molar-refractivity contribution >= 4 is 23.2 Å². The Labute approximate surface area is 125 Å². The smallest absolute Gasteiger partial charge is 0.238 e. The largest absolute Gasteiger partial charge is 0.327 e. The van der Waals surface area contributed by atoms with Crippen LogP contribution in [0, 0.1) is 0 Å². The van der Waals surface area contributed by atoms with Gasteiger partial charge in [-0.25, -0.2) is 0 Å². The SMILES string of the molecule is CC(N)C1CCCCN1CC(=O)Nc1ccccc1Cl. The van der Waals surface area contributed by atoms with Crippen molar-refractivity contribution in [1.82, 2.24) is 4.90 Å². The Balaban J connectivity index is 1.95. The summed E-state index contributed by atoms with van der Waals surface area (Å²) in [5.74, 6) is -0.0364. The number of likely N-dealkylation sites (tertiary alicyclic amines) is 1. The van der Waals surface area contributed by atoms with Crippen molar-refractivity contribution in [2.75, 3.05) is 18.4 Å². The van der Waals surface area contributed by atoms with Crippen LogP contribution in [0.15, 0.2) is 24.3 Å². The maximum atomic E-state index is 12.1. The summed E-state index contributed by atoms with van der Waals surface area (Å²) in [6.45, 7) is 3.31. The van der Waals surface area contributed by atoms with Crippen molar-refractivity contribution in [3.05, 3.63) is 29.3 Å². The average molecular weight is 296 g/mol. The number of nitrogens with zero attached hydrogens (tertiary/aromatic N) is 1. The normalized spacial score (nSPS) is 21.4. The number of hydrogen-bond acceptors (Lipinski definition) is 3. The first kappa shape index (κ1) is 15.3. The van der Waals surface area contributed by atoms with Gasteiger partial charge in [-0.05, 0) is 38.4 Å². The molecule has 0 saturated carbocycles. The van der Waals surface area contributed by atoms with Gasteiger partial charge in [0.15, 0.2) is 0 Å². The molecule has 1 amide bonds. The van der Waals surface area contributed by atoms with Crippen LogP contribution in [0.4, 0.5) is 5.69 Å². The molecule has 2 rings (SSSR count). The van der Waals surface area contributed by atoms with Crippen LogP contribution >= 0.6 is 11.6 Å². The molecule has 5 heteroatoms. The number of rotatable bonds is 4. The minimum absolute atomic E-state index is 0.0364. The molecule has 1 fully saturated rings. The van der Waals surface area contributed by atoms with E-state index in [0.29, 0.717) is 23.3 Å². The van der Waals surface area contributed by atoms with Gasteiger partial charge in [-0.3, -0.25) is 9.69 Å². The highest BCUT2D eigenvalue weighted by Gasteiger charge is 2.26. The molecule has 110 valence electrons. The number of anilines is 1. The van der Waals surface area contributed by atoms with E-state index in [1.165, 1.54) is 6.42 Å². The quantitative estimate of drug-likeness (QED) is 0.897. The van der Waals surface area contributed by atoms with E-state index >= 15 is 0 Å². The fourth-order valence-electron chi connectivity index (χ4n) is 2.75. The van der Waals surface area contributed by atoms with Crippen molar-refractivity contribution in [3.8, 4) is 0 Å². The van der Waals surface area contributed by atoms with E-state index in [2.05, 4.69) is 10.2 Å². The summed E-state index contributed by atoms with van der Waals surface area (Å²) in [6.07, 6.45) is 3.38. The fourth-order valence-corrected chi connectivity index (χ4v) is 2.93. The van der Waals surface area contributed by atoms with Gasteiger partial charge in [-0.1, -0.05) is 30.2 Å². The molecule has 4 nitrogen and oxygen atoms in total. The lowest BCUT2D eigenvalue weighted by molar-refractivity contribution is -0.118.